The summed E-state index contributed by atoms with van der Waals surface area (Å²) in [5.74, 6) is 0.864. The predicted molar refractivity (Wildman–Crippen MR) is 79.6 cm³/mol. The number of hydrogen-bond acceptors (Lipinski definition) is 5. The van der Waals surface area contributed by atoms with Crippen molar-refractivity contribution in [3.05, 3.63) is 17.3 Å². The van der Waals surface area contributed by atoms with E-state index in [1.807, 2.05) is 4.68 Å². The minimum atomic E-state index is 0.839. The monoisotopic (exact) mass is 274 g/mol. The fourth-order valence-corrected chi connectivity index (χ4v) is 2.08. The number of nitrogens with zero attached hydrogens (tertiary/aromatic N) is 5. The van der Waals surface area contributed by atoms with E-state index in [0.717, 1.165) is 54.3 Å². The van der Waals surface area contributed by atoms with Gasteiger partial charge < -0.3 is 5.32 Å². The van der Waals surface area contributed by atoms with Gasteiger partial charge >= 0.3 is 0 Å². The summed E-state index contributed by atoms with van der Waals surface area (Å²) in [5, 5.41) is 20.1. The lowest BCUT2D eigenvalue weighted by atomic mass is 10.1. The van der Waals surface area contributed by atoms with Crippen LogP contribution < -0.4 is 5.32 Å². The van der Waals surface area contributed by atoms with Crippen molar-refractivity contribution in [3.63, 3.8) is 0 Å². The molecule has 0 aromatic carbocycles. The fraction of sp³-hybridized carbons (Fsp3) is 0.571. The normalized spacial score (nSPS) is 10.8. The van der Waals surface area contributed by atoms with Crippen LogP contribution in [0.15, 0.2) is 6.20 Å². The minimum absolute atomic E-state index is 0.839. The molecule has 20 heavy (non-hydrogen) atoms. The smallest absolute Gasteiger partial charge is 0.151 e. The first-order valence-electron chi connectivity index (χ1n) is 7.15. The van der Waals surface area contributed by atoms with Gasteiger partial charge in [0.1, 0.15) is 11.4 Å². The van der Waals surface area contributed by atoms with Gasteiger partial charge in [0.15, 0.2) is 5.82 Å². The number of nitrogens with one attached hydrogen (secondary N) is 1. The zero-order valence-electron chi connectivity index (χ0n) is 12.6. The molecular weight excluding hydrogens is 252 g/mol. The maximum absolute atomic E-state index is 4.36. The van der Waals surface area contributed by atoms with Crippen molar-refractivity contribution >= 4 is 5.82 Å². The third-order valence-corrected chi connectivity index (χ3v) is 3.36. The van der Waals surface area contributed by atoms with E-state index in [-0.39, 0.29) is 0 Å². The lowest BCUT2D eigenvalue weighted by Crippen LogP contribution is -2.09. The lowest BCUT2D eigenvalue weighted by molar-refractivity contribution is 0.582. The molecule has 0 saturated heterocycles. The molecule has 0 aliphatic heterocycles. The number of anilines is 1. The molecule has 0 aliphatic rings. The molecule has 2 aromatic rings. The van der Waals surface area contributed by atoms with Gasteiger partial charge in [-0.25, -0.2) is 4.68 Å². The van der Waals surface area contributed by atoms with Crippen molar-refractivity contribution in [2.75, 3.05) is 11.9 Å². The maximum Gasteiger partial charge on any atom is 0.151 e. The minimum Gasteiger partial charge on any atom is -0.368 e. The first-order valence-corrected chi connectivity index (χ1v) is 7.15. The summed E-state index contributed by atoms with van der Waals surface area (Å²) in [5.41, 5.74) is 4.05. The average molecular weight is 274 g/mol. The Bertz CT molecular complexity index is 575. The fourth-order valence-electron chi connectivity index (χ4n) is 2.08. The Balaban J connectivity index is 2.38. The van der Waals surface area contributed by atoms with Crippen LogP contribution in [0.3, 0.4) is 0 Å². The zero-order chi connectivity index (χ0) is 14.5. The Hall–Kier alpha value is -1.98. The SMILES string of the molecule is CCCNc1nnc(-c2cnnn2CCC)c(C)c1C. The predicted octanol–water partition coefficient (Wildman–Crippen LogP) is 2.58. The molecule has 0 saturated carbocycles. The van der Waals surface area contributed by atoms with Crippen LogP contribution in [0.5, 0.6) is 0 Å². The third-order valence-electron chi connectivity index (χ3n) is 3.36. The zero-order valence-corrected chi connectivity index (χ0v) is 12.6. The van der Waals surface area contributed by atoms with Gasteiger partial charge in [-0.05, 0) is 37.8 Å². The van der Waals surface area contributed by atoms with E-state index in [4.69, 9.17) is 0 Å². The summed E-state index contributed by atoms with van der Waals surface area (Å²) < 4.78 is 1.88. The molecule has 6 nitrogen and oxygen atoms in total. The highest BCUT2D eigenvalue weighted by Gasteiger charge is 2.15. The molecule has 0 radical (unpaired) electrons. The molecule has 2 rings (SSSR count). The van der Waals surface area contributed by atoms with Crippen LogP contribution in [0.1, 0.15) is 37.8 Å². The van der Waals surface area contributed by atoms with Gasteiger partial charge in [0, 0.05) is 13.1 Å². The average Bonchev–Trinajstić information content (AvgIpc) is 2.89. The van der Waals surface area contributed by atoms with Gasteiger partial charge in [0.2, 0.25) is 0 Å². The van der Waals surface area contributed by atoms with E-state index in [0.29, 0.717) is 0 Å². The van der Waals surface area contributed by atoms with Gasteiger partial charge in [-0.2, -0.15) is 0 Å². The highest BCUT2D eigenvalue weighted by atomic mass is 15.4. The van der Waals surface area contributed by atoms with Crippen molar-refractivity contribution in [2.24, 2.45) is 0 Å². The Morgan fingerprint density at radius 1 is 1.10 bits per heavy atom. The van der Waals surface area contributed by atoms with Gasteiger partial charge in [-0.3, -0.25) is 0 Å². The summed E-state index contributed by atoms with van der Waals surface area (Å²) in [7, 11) is 0. The molecule has 0 fully saturated rings. The summed E-state index contributed by atoms with van der Waals surface area (Å²) in [6, 6.07) is 0. The van der Waals surface area contributed by atoms with Gasteiger partial charge in [0.25, 0.3) is 0 Å². The largest absolute Gasteiger partial charge is 0.368 e. The van der Waals surface area contributed by atoms with Crippen molar-refractivity contribution in [3.8, 4) is 11.4 Å². The van der Waals surface area contributed by atoms with E-state index >= 15 is 0 Å². The van der Waals surface area contributed by atoms with Crippen molar-refractivity contribution in [1.82, 2.24) is 25.2 Å². The van der Waals surface area contributed by atoms with Crippen LogP contribution in [0, 0.1) is 13.8 Å². The van der Waals surface area contributed by atoms with Crippen molar-refractivity contribution < 1.29 is 0 Å². The van der Waals surface area contributed by atoms with Crippen LogP contribution >= 0.6 is 0 Å². The Labute approximate surface area is 119 Å². The molecule has 108 valence electrons. The molecule has 2 aromatic heterocycles. The molecule has 0 amide bonds. The van der Waals surface area contributed by atoms with Crippen LogP contribution in [0.2, 0.25) is 0 Å². The Morgan fingerprint density at radius 2 is 1.90 bits per heavy atom. The van der Waals surface area contributed by atoms with E-state index in [2.05, 4.69) is 53.5 Å². The van der Waals surface area contributed by atoms with Gasteiger partial charge in [-0.15, -0.1) is 15.3 Å². The molecule has 0 spiro atoms. The highest BCUT2D eigenvalue weighted by molar-refractivity contribution is 5.63. The first-order chi connectivity index (χ1) is 9.69. The number of hydrogen-bond donors (Lipinski definition) is 1. The van der Waals surface area contributed by atoms with Crippen molar-refractivity contribution in [1.29, 1.82) is 0 Å². The third kappa shape index (κ3) is 2.79. The first kappa shape index (κ1) is 14.4. The molecule has 0 atom stereocenters. The van der Waals surface area contributed by atoms with E-state index < -0.39 is 0 Å². The molecule has 0 unspecified atom stereocenters. The standard InChI is InChI=1S/C14H22N6/c1-5-7-15-14-11(4)10(3)13(17-18-14)12-9-16-19-20(12)8-6-2/h9H,5-8H2,1-4H3,(H,15,18). The molecule has 6 heteroatoms. The summed E-state index contributed by atoms with van der Waals surface area (Å²) in [6.45, 7) is 10.1. The molecule has 0 bridgehead atoms. The van der Waals surface area contributed by atoms with E-state index in [1.54, 1.807) is 6.20 Å². The second-order valence-electron chi connectivity index (χ2n) is 4.92. The van der Waals surface area contributed by atoms with E-state index in [1.165, 1.54) is 0 Å². The van der Waals surface area contributed by atoms with Crippen molar-refractivity contribution in [2.45, 2.75) is 47.1 Å². The summed E-state index contributed by atoms with van der Waals surface area (Å²) >= 11 is 0. The topological polar surface area (TPSA) is 68.5 Å². The Morgan fingerprint density at radius 3 is 2.60 bits per heavy atom. The number of rotatable bonds is 6. The lowest BCUT2D eigenvalue weighted by Gasteiger charge is -2.12. The molecule has 1 N–H and O–H groups in total. The summed E-state index contributed by atoms with van der Waals surface area (Å²) in [6.07, 6.45) is 3.83. The Kier molecular flexibility index (Phi) is 4.65. The molecule has 0 aliphatic carbocycles. The maximum atomic E-state index is 4.36. The number of aromatic nitrogens is 5. The second-order valence-corrected chi connectivity index (χ2v) is 4.92. The van der Waals surface area contributed by atoms with E-state index in [9.17, 15) is 0 Å². The van der Waals surface area contributed by atoms with Crippen LogP contribution in [0.25, 0.3) is 11.4 Å². The van der Waals surface area contributed by atoms with Crippen LogP contribution in [-0.2, 0) is 6.54 Å². The van der Waals surface area contributed by atoms with Gasteiger partial charge in [-0.1, -0.05) is 19.1 Å². The summed E-state index contributed by atoms with van der Waals surface area (Å²) in [4.78, 5) is 0. The second kappa shape index (κ2) is 6.45. The molecule has 2 heterocycles. The molecular formula is C14H22N6. The van der Waals surface area contributed by atoms with Crippen LogP contribution in [0.4, 0.5) is 5.82 Å². The van der Waals surface area contributed by atoms with Gasteiger partial charge in [0.05, 0.1) is 6.20 Å². The highest BCUT2D eigenvalue weighted by Crippen LogP contribution is 2.25. The number of aryl methyl sites for hydroxylation is 1. The van der Waals surface area contributed by atoms with Crippen LogP contribution in [-0.4, -0.2) is 31.7 Å². The quantitative estimate of drug-likeness (QED) is 0.876.